The Balaban J connectivity index is 1.61. The van der Waals surface area contributed by atoms with E-state index in [0.717, 1.165) is 33.8 Å². The van der Waals surface area contributed by atoms with E-state index in [1.54, 1.807) is 31.4 Å². The lowest BCUT2D eigenvalue weighted by molar-refractivity contribution is -0.113. The number of phenolic OH excluding ortho intramolecular Hbond substituents is 1. The third kappa shape index (κ3) is 5.01. The lowest BCUT2D eigenvalue weighted by atomic mass is 10.1. The van der Waals surface area contributed by atoms with Gasteiger partial charge in [0.2, 0.25) is 5.91 Å². The fourth-order valence-corrected chi connectivity index (χ4v) is 4.08. The van der Waals surface area contributed by atoms with Crippen LogP contribution >= 0.6 is 11.8 Å². The molecule has 7 nitrogen and oxygen atoms in total. The van der Waals surface area contributed by atoms with Gasteiger partial charge in [-0.15, -0.1) is 10.2 Å². The first-order valence-corrected chi connectivity index (χ1v) is 11.3. The Morgan fingerprint density at radius 3 is 2.45 bits per heavy atom. The van der Waals surface area contributed by atoms with E-state index in [1.165, 1.54) is 11.8 Å². The van der Waals surface area contributed by atoms with Crippen LogP contribution < -0.4 is 10.1 Å². The maximum absolute atomic E-state index is 12.7. The summed E-state index contributed by atoms with van der Waals surface area (Å²) in [6.45, 7) is 4.00. The highest BCUT2D eigenvalue weighted by molar-refractivity contribution is 7.99. The fraction of sp³-hybridized carbons (Fsp3) is 0.160. The number of amides is 1. The molecule has 0 saturated carbocycles. The molecule has 0 saturated heterocycles. The van der Waals surface area contributed by atoms with E-state index in [9.17, 15) is 9.90 Å². The average molecular weight is 461 g/mol. The number of aryl methyl sites for hydroxylation is 1. The summed E-state index contributed by atoms with van der Waals surface area (Å²) in [5, 5.41) is 21.9. The Morgan fingerprint density at radius 1 is 1.03 bits per heavy atom. The molecule has 2 N–H and O–H groups in total. The lowest BCUT2D eigenvalue weighted by Crippen LogP contribution is -2.15. The molecule has 0 spiro atoms. The molecule has 1 amide bonds. The molecule has 168 valence electrons. The third-order valence-electron chi connectivity index (χ3n) is 5.30. The van der Waals surface area contributed by atoms with Crippen molar-refractivity contribution in [3.05, 3.63) is 77.9 Å². The molecule has 0 atom stereocenters. The van der Waals surface area contributed by atoms with Gasteiger partial charge in [0.1, 0.15) is 11.5 Å². The van der Waals surface area contributed by atoms with Gasteiger partial charge < -0.3 is 15.2 Å². The maximum atomic E-state index is 12.7. The number of hydrogen-bond acceptors (Lipinski definition) is 6. The Labute approximate surface area is 196 Å². The van der Waals surface area contributed by atoms with Crippen LogP contribution in [0.15, 0.2) is 71.9 Å². The largest absolute Gasteiger partial charge is 0.508 e. The van der Waals surface area contributed by atoms with Crippen LogP contribution in [0.1, 0.15) is 11.1 Å². The van der Waals surface area contributed by atoms with Gasteiger partial charge in [0.25, 0.3) is 0 Å². The van der Waals surface area contributed by atoms with Gasteiger partial charge >= 0.3 is 0 Å². The molecule has 8 heteroatoms. The number of phenols is 1. The molecule has 0 bridgehead atoms. The van der Waals surface area contributed by atoms with Gasteiger partial charge in [-0.25, -0.2) is 0 Å². The van der Waals surface area contributed by atoms with E-state index < -0.39 is 0 Å². The SMILES string of the molecule is COc1ccc(-n2c(SCC(=O)Nc3cccc(C)c3C)nnc2-c2ccc(O)cc2)cc1. The number of carbonyl (C=O) groups is 1. The van der Waals surface area contributed by atoms with E-state index in [-0.39, 0.29) is 17.4 Å². The zero-order valence-corrected chi connectivity index (χ0v) is 19.4. The maximum Gasteiger partial charge on any atom is 0.234 e. The van der Waals surface area contributed by atoms with Crippen LogP contribution in [0, 0.1) is 13.8 Å². The Morgan fingerprint density at radius 2 is 1.76 bits per heavy atom. The van der Waals surface area contributed by atoms with Crippen molar-refractivity contribution in [3.63, 3.8) is 0 Å². The van der Waals surface area contributed by atoms with Gasteiger partial charge in [-0.3, -0.25) is 9.36 Å². The molecule has 0 unspecified atom stereocenters. The molecule has 3 aromatic carbocycles. The number of nitrogens with one attached hydrogen (secondary N) is 1. The number of aromatic nitrogens is 3. The summed E-state index contributed by atoms with van der Waals surface area (Å²) in [5.41, 5.74) is 4.61. The minimum atomic E-state index is -0.121. The van der Waals surface area contributed by atoms with Crippen LogP contribution in [0.4, 0.5) is 5.69 Å². The molecule has 4 rings (SSSR count). The Bertz CT molecular complexity index is 1270. The number of rotatable bonds is 7. The predicted octanol–water partition coefficient (Wildman–Crippen LogP) is 5.00. The van der Waals surface area contributed by atoms with Crippen molar-refractivity contribution in [3.8, 4) is 28.6 Å². The van der Waals surface area contributed by atoms with Crippen LogP contribution in [0.3, 0.4) is 0 Å². The number of anilines is 1. The molecule has 1 heterocycles. The number of thioether (sulfide) groups is 1. The van der Waals surface area contributed by atoms with Crippen LogP contribution in [-0.2, 0) is 4.79 Å². The second-order valence-electron chi connectivity index (χ2n) is 7.47. The van der Waals surface area contributed by atoms with Gasteiger partial charge in [0, 0.05) is 16.9 Å². The number of ether oxygens (including phenoxy) is 1. The normalized spacial score (nSPS) is 10.8. The molecule has 0 radical (unpaired) electrons. The van der Waals surface area contributed by atoms with Crippen molar-refractivity contribution in [2.24, 2.45) is 0 Å². The third-order valence-corrected chi connectivity index (χ3v) is 6.23. The lowest BCUT2D eigenvalue weighted by Gasteiger charge is -2.12. The minimum absolute atomic E-state index is 0.121. The summed E-state index contributed by atoms with van der Waals surface area (Å²) in [6, 6.07) is 20.1. The van der Waals surface area contributed by atoms with Gasteiger partial charge in [0.05, 0.1) is 12.9 Å². The summed E-state index contributed by atoms with van der Waals surface area (Å²) in [6.07, 6.45) is 0. The van der Waals surface area contributed by atoms with Crippen molar-refractivity contribution < 1.29 is 14.6 Å². The second-order valence-corrected chi connectivity index (χ2v) is 8.41. The second kappa shape index (κ2) is 9.79. The molecule has 4 aromatic rings. The molecule has 0 aliphatic carbocycles. The number of aromatic hydroxyl groups is 1. The number of methoxy groups -OCH3 is 1. The van der Waals surface area contributed by atoms with Crippen LogP contribution in [-0.4, -0.2) is 38.6 Å². The number of hydrogen-bond donors (Lipinski definition) is 2. The fourth-order valence-electron chi connectivity index (χ4n) is 3.33. The predicted molar refractivity (Wildman–Crippen MR) is 130 cm³/mol. The quantitative estimate of drug-likeness (QED) is 0.378. The van der Waals surface area contributed by atoms with E-state index in [2.05, 4.69) is 15.5 Å². The first-order chi connectivity index (χ1) is 16.0. The molecular weight excluding hydrogens is 436 g/mol. The topological polar surface area (TPSA) is 89.3 Å². The van der Waals surface area contributed by atoms with E-state index in [0.29, 0.717) is 11.0 Å². The average Bonchev–Trinajstić information content (AvgIpc) is 3.25. The van der Waals surface area contributed by atoms with Crippen LogP contribution in [0.25, 0.3) is 17.1 Å². The summed E-state index contributed by atoms with van der Waals surface area (Å²) in [4.78, 5) is 12.7. The first kappa shape index (κ1) is 22.4. The van der Waals surface area contributed by atoms with Gasteiger partial charge in [-0.05, 0) is 79.6 Å². The number of carbonyl (C=O) groups excluding carboxylic acids is 1. The smallest absolute Gasteiger partial charge is 0.234 e. The standard InChI is InChI=1S/C25H24N4O3S/c1-16-5-4-6-22(17(16)2)26-23(31)15-33-25-28-27-24(18-7-11-20(30)12-8-18)29(25)19-9-13-21(32-3)14-10-19/h4-14,30H,15H2,1-3H3,(H,26,31). The zero-order valence-electron chi connectivity index (χ0n) is 18.6. The molecule has 33 heavy (non-hydrogen) atoms. The van der Waals surface area contributed by atoms with Crippen LogP contribution in [0.2, 0.25) is 0 Å². The summed E-state index contributed by atoms with van der Waals surface area (Å²) in [7, 11) is 1.62. The highest BCUT2D eigenvalue weighted by Crippen LogP contribution is 2.30. The van der Waals surface area contributed by atoms with E-state index in [4.69, 9.17) is 4.74 Å². The van der Waals surface area contributed by atoms with Crippen molar-refractivity contribution >= 4 is 23.4 Å². The van der Waals surface area contributed by atoms with Crippen molar-refractivity contribution in [2.75, 3.05) is 18.2 Å². The highest BCUT2D eigenvalue weighted by Gasteiger charge is 2.18. The van der Waals surface area contributed by atoms with E-state index in [1.807, 2.05) is 60.9 Å². The summed E-state index contributed by atoms with van der Waals surface area (Å²) < 4.78 is 7.16. The first-order valence-electron chi connectivity index (χ1n) is 10.3. The van der Waals surface area contributed by atoms with Gasteiger partial charge in [-0.1, -0.05) is 23.9 Å². The van der Waals surface area contributed by atoms with Crippen molar-refractivity contribution in [2.45, 2.75) is 19.0 Å². The molecule has 0 aliphatic rings. The van der Waals surface area contributed by atoms with E-state index >= 15 is 0 Å². The van der Waals surface area contributed by atoms with Crippen molar-refractivity contribution in [1.29, 1.82) is 0 Å². The highest BCUT2D eigenvalue weighted by atomic mass is 32.2. The monoisotopic (exact) mass is 460 g/mol. The van der Waals surface area contributed by atoms with Gasteiger partial charge in [0.15, 0.2) is 11.0 Å². The Hall–Kier alpha value is -3.78. The number of nitrogens with zero attached hydrogens (tertiary/aromatic N) is 3. The molecule has 1 aromatic heterocycles. The molecular formula is C25H24N4O3S. The summed E-state index contributed by atoms with van der Waals surface area (Å²) >= 11 is 1.30. The van der Waals surface area contributed by atoms with Crippen LogP contribution in [0.5, 0.6) is 11.5 Å². The van der Waals surface area contributed by atoms with Crippen molar-refractivity contribution in [1.82, 2.24) is 14.8 Å². The molecule has 0 aliphatic heterocycles. The zero-order chi connectivity index (χ0) is 23.4. The molecule has 0 fully saturated rings. The summed E-state index contributed by atoms with van der Waals surface area (Å²) in [5.74, 6) is 1.57. The van der Waals surface area contributed by atoms with Gasteiger partial charge in [-0.2, -0.15) is 0 Å². The minimum Gasteiger partial charge on any atom is -0.508 e. The Kier molecular flexibility index (Phi) is 6.65. The number of benzene rings is 3.